The summed E-state index contributed by atoms with van der Waals surface area (Å²) >= 11 is 0. The van der Waals surface area contributed by atoms with Gasteiger partial charge in [0.1, 0.15) is 12.2 Å². The lowest BCUT2D eigenvalue weighted by molar-refractivity contribution is -0.117. The Morgan fingerprint density at radius 3 is 2.74 bits per heavy atom. The molecule has 0 aliphatic carbocycles. The van der Waals surface area contributed by atoms with Crippen molar-refractivity contribution in [1.82, 2.24) is 9.78 Å². The van der Waals surface area contributed by atoms with E-state index in [4.69, 9.17) is 4.42 Å². The number of aryl methyl sites for hydroxylation is 1. The van der Waals surface area contributed by atoms with Gasteiger partial charge in [-0.25, -0.2) is 4.68 Å². The highest BCUT2D eigenvalue weighted by Crippen LogP contribution is 2.15. The summed E-state index contributed by atoms with van der Waals surface area (Å²) in [6.45, 7) is 1.74. The molecule has 116 valence electrons. The minimum Gasteiger partial charge on any atom is -0.463 e. The molecule has 0 fully saturated rings. The number of benzene rings is 1. The SMILES string of the molecule is Cc1ccccc1NC(=O)Cn1nc(-c2ccco2)ccc1=O. The summed E-state index contributed by atoms with van der Waals surface area (Å²) < 4.78 is 6.37. The highest BCUT2D eigenvalue weighted by atomic mass is 16.3. The van der Waals surface area contributed by atoms with Crippen LogP contribution in [0, 0.1) is 6.92 Å². The minimum absolute atomic E-state index is 0.165. The van der Waals surface area contributed by atoms with Gasteiger partial charge in [-0.3, -0.25) is 9.59 Å². The number of rotatable bonds is 4. The zero-order valence-electron chi connectivity index (χ0n) is 12.5. The summed E-state index contributed by atoms with van der Waals surface area (Å²) in [5.74, 6) is 0.226. The van der Waals surface area contributed by atoms with E-state index >= 15 is 0 Å². The summed E-state index contributed by atoms with van der Waals surface area (Å²) in [6.07, 6.45) is 1.53. The molecule has 0 radical (unpaired) electrons. The Bertz CT molecular complexity index is 882. The Morgan fingerprint density at radius 2 is 2.00 bits per heavy atom. The number of hydrogen-bond donors (Lipinski definition) is 1. The molecular formula is C17H15N3O3. The number of para-hydroxylation sites is 1. The van der Waals surface area contributed by atoms with Crippen molar-refractivity contribution < 1.29 is 9.21 Å². The Balaban J connectivity index is 1.80. The Hall–Kier alpha value is -3.15. The van der Waals surface area contributed by atoms with Gasteiger partial charge in [0.05, 0.1) is 6.26 Å². The summed E-state index contributed by atoms with van der Waals surface area (Å²) in [4.78, 5) is 24.0. The van der Waals surface area contributed by atoms with Crippen LogP contribution in [0.4, 0.5) is 5.69 Å². The molecule has 23 heavy (non-hydrogen) atoms. The smallest absolute Gasteiger partial charge is 0.267 e. The monoisotopic (exact) mass is 309 g/mol. The van der Waals surface area contributed by atoms with E-state index in [0.717, 1.165) is 10.2 Å². The maximum Gasteiger partial charge on any atom is 0.267 e. The molecule has 0 saturated heterocycles. The fourth-order valence-corrected chi connectivity index (χ4v) is 2.16. The van der Waals surface area contributed by atoms with Crippen LogP contribution in [0.15, 0.2) is 64.0 Å². The third kappa shape index (κ3) is 3.37. The van der Waals surface area contributed by atoms with E-state index in [0.29, 0.717) is 17.1 Å². The van der Waals surface area contributed by atoms with E-state index in [9.17, 15) is 9.59 Å². The largest absolute Gasteiger partial charge is 0.463 e. The minimum atomic E-state index is -0.347. The van der Waals surface area contributed by atoms with Crippen LogP contribution >= 0.6 is 0 Å². The lowest BCUT2D eigenvalue weighted by Gasteiger charge is -2.09. The molecule has 0 bridgehead atoms. The molecule has 0 aliphatic rings. The fraction of sp³-hybridized carbons (Fsp3) is 0.118. The third-order valence-electron chi connectivity index (χ3n) is 3.35. The summed E-state index contributed by atoms with van der Waals surface area (Å²) in [6, 6.07) is 13.8. The van der Waals surface area contributed by atoms with Crippen molar-refractivity contribution in [2.45, 2.75) is 13.5 Å². The van der Waals surface area contributed by atoms with Crippen molar-refractivity contribution in [1.29, 1.82) is 0 Å². The quantitative estimate of drug-likeness (QED) is 0.803. The van der Waals surface area contributed by atoms with Crippen molar-refractivity contribution in [2.75, 3.05) is 5.32 Å². The van der Waals surface area contributed by atoms with Gasteiger partial charge < -0.3 is 9.73 Å². The van der Waals surface area contributed by atoms with E-state index in [1.54, 1.807) is 18.2 Å². The van der Waals surface area contributed by atoms with Crippen LogP contribution in [-0.2, 0) is 11.3 Å². The maximum absolute atomic E-state index is 12.1. The first-order valence-corrected chi connectivity index (χ1v) is 7.11. The number of aromatic nitrogens is 2. The van der Waals surface area contributed by atoms with Crippen molar-refractivity contribution in [3.05, 3.63) is 70.7 Å². The molecule has 3 rings (SSSR count). The van der Waals surface area contributed by atoms with E-state index < -0.39 is 0 Å². The molecule has 2 aromatic heterocycles. The van der Waals surface area contributed by atoms with Gasteiger partial charge in [-0.2, -0.15) is 5.10 Å². The second-order valence-corrected chi connectivity index (χ2v) is 5.05. The van der Waals surface area contributed by atoms with Crippen LogP contribution in [0.3, 0.4) is 0 Å². The summed E-state index contributed by atoms with van der Waals surface area (Å²) in [7, 11) is 0. The van der Waals surface area contributed by atoms with Crippen LogP contribution in [0.25, 0.3) is 11.5 Å². The lowest BCUT2D eigenvalue weighted by Crippen LogP contribution is -2.29. The number of furan rings is 1. The van der Waals surface area contributed by atoms with Crippen molar-refractivity contribution in [3.8, 4) is 11.5 Å². The molecule has 0 unspecified atom stereocenters. The third-order valence-corrected chi connectivity index (χ3v) is 3.35. The van der Waals surface area contributed by atoms with Gasteiger partial charge in [-0.1, -0.05) is 18.2 Å². The summed E-state index contributed by atoms with van der Waals surface area (Å²) in [5, 5.41) is 6.95. The Kier molecular flexibility index (Phi) is 4.05. The number of carbonyl (C=O) groups excluding carboxylic acids is 1. The first-order chi connectivity index (χ1) is 11.1. The molecule has 1 N–H and O–H groups in total. The van der Waals surface area contributed by atoms with E-state index in [2.05, 4.69) is 10.4 Å². The number of carbonyl (C=O) groups is 1. The van der Waals surface area contributed by atoms with E-state index in [1.807, 2.05) is 31.2 Å². The molecule has 1 amide bonds. The number of amides is 1. The second kappa shape index (κ2) is 6.31. The average molecular weight is 309 g/mol. The highest BCUT2D eigenvalue weighted by molar-refractivity contribution is 5.91. The predicted octanol–water partition coefficient (Wildman–Crippen LogP) is 2.45. The van der Waals surface area contributed by atoms with E-state index in [-0.39, 0.29) is 18.0 Å². The standard InChI is InChI=1S/C17H15N3O3/c1-12-5-2-3-6-13(12)18-16(21)11-20-17(22)9-8-14(19-20)15-7-4-10-23-15/h2-10H,11H2,1H3,(H,18,21). The van der Waals surface area contributed by atoms with Crippen LogP contribution < -0.4 is 10.9 Å². The van der Waals surface area contributed by atoms with Gasteiger partial charge in [0.25, 0.3) is 5.56 Å². The number of hydrogen-bond acceptors (Lipinski definition) is 4. The highest BCUT2D eigenvalue weighted by Gasteiger charge is 2.10. The van der Waals surface area contributed by atoms with Gasteiger partial charge in [0.15, 0.2) is 5.76 Å². The molecule has 0 aliphatic heterocycles. The van der Waals surface area contributed by atoms with Crippen LogP contribution in [0.1, 0.15) is 5.56 Å². The molecule has 0 saturated carbocycles. The number of anilines is 1. The molecule has 6 heteroatoms. The molecule has 0 atom stereocenters. The zero-order chi connectivity index (χ0) is 16.2. The number of nitrogens with zero attached hydrogens (tertiary/aromatic N) is 2. The average Bonchev–Trinajstić information content (AvgIpc) is 3.06. The molecular weight excluding hydrogens is 294 g/mol. The molecule has 2 heterocycles. The van der Waals surface area contributed by atoms with Crippen molar-refractivity contribution in [2.24, 2.45) is 0 Å². The van der Waals surface area contributed by atoms with Crippen LogP contribution in [0.2, 0.25) is 0 Å². The Morgan fingerprint density at radius 1 is 1.17 bits per heavy atom. The van der Waals surface area contributed by atoms with Gasteiger partial charge in [0.2, 0.25) is 5.91 Å². The normalized spacial score (nSPS) is 10.5. The first kappa shape index (κ1) is 14.8. The predicted molar refractivity (Wildman–Crippen MR) is 86.0 cm³/mol. The van der Waals surface area contributed by atoms with Crippen molar-refractivity contribution >= 4 is 11.6 Å². The maximum atomic E-state index is 12.1. The summed E-state index contributed by atoms with van der Waals surface area (Å²) in [5.41, 5.74) is 1.82. The molecule has 3 aromatic rings. The topological polar surface area (TPSA) is 77.1 Å². The van der Waals surface area contributed by atoms with Crippen molar-refractivity contribution in [3.63, 3.8) is 0 Å². The van der Waals surface area contributed by atoms with Gasteiger partial charge in [-0.05, 0) is 36.8 Å². The van der Waals surface area contributed by atoms with E-state index in [1.165, 1.54) is 12.3 Å². The van der Waals surface area contributed by atoms with Gasteiger partial charge in [0, 0.05) is 11.8 Å². The van der Waals surface area contributed by atoms with Crippen LogP contribution in [0.5, 0.6) is 0 Å². The Labute approximate surface area is 132 Å². The van der Waals surface area contributed by atoms with Crippen LogP contribution in [-0.4, -0.2) is 15.7 Å². The molecule has 0 spiro atoms. The first-order valence-electron chi connectivity index (χ1n) is 7.11. The number of nitrogens with one attached hydrogen (secondary N) is 1. The zero-order valence-corrected chi connectivity index (χ0v) is 12.5. The van der Waals surface area contributed by atoms with Gasteiger partial charge in [-0.15, -0.1) is 0 Å². The molecule has 6 nitrogen and oxygen atoms in total. The lowest BCUT2D eigenvalue weighted by atomic mass is 10.2. The second-order valence-electron chi connectivity index (χ2n) is 5.05. The van der Waals surface area contributed by atoms with Gasteiger partial charge >= 0.3 is 0 Å². The molecule has 1 aromatic carbocycles. The fourth-order valence-electron chi connectivity index (χ4n) is 2.16.